The van der Waals surface area contributed by atoms with E-state index in [4.69, 9.17) is 4.74 Å². The number of carbonyl (C=O) groups is 3. The Kier molecular flexibility index (Phi) is 7.32. The predicted molar refractivity (Wildman–Crippen MR) is 108 cm³/mol. The number of amides is 2. The molecule has 0 aromatic heterocycles. The number of para-hydroxylation sites is 1. The van der Waals surface area contributed by atoms with Crippen molar-refractivity contribution in [3.63, 3.8) is 0 Å². The Bertz CT molecular complexity index is 829. The van der Waals surface area contributed by atoms with Crippen LogP contribution < -0.4 is 10.6 Å². The molecule has 148 valence electrons. The van der Waals surface area contributed by atoms with E-state index < -0.39 is 24.0 Å². The Morgan fingerprint density at radius 2 is 1.54 bits per heavy atom. The third-order valence-electron chi connectivity index (χ3n) is 4.29. The van der Waals surface area contributed by atoms with Crippen LogP contribution in [0, 0.1) is 13.8 Å². The minimum absolute atomic E-state index is 0.0282. The van der Waals surface area contributed by atoms with E-state index in [0.29, 0.717) is 5.56 Å². The fraction of sp³-hybridized carbons (Fsp3) is 0.318. The normalized spacial score (nSPS) is 12.6. The maximum absolute atomic E-state index is 12.3. The van der Waals surface area contributed by atoms with Gasteiger partial charge >= 0.3 is 5.97 Å². The van der Waals surface area contributed by atoms with E-state index in [-0.39, 0.29) is 12.3 Å². The maximum atomic E-state index is 12.3. The van der Waals surface area contributed by atoms with Crippen molar-refractivity contribution in [2.45, 2.75) is 46.3 Å². The lowest BCUT2D eigenvalue weighted by Crippen LogP contribution is -2.36. The highest BCUT2D eigenvalue weighted by Crippen LogP contribution is 2.19. The molecule has 2 aromatic carbocycles. The third kappa shape index (κ3) is 5.94. The van der Waals surface area contributed by atoms with Crippen LogP contribution in [0.15, 0.2) is 48.5 Å². The van der Waals surface area contributed by atoms with Crippen LogP contribution in [-0.2, 0) is 14.3 Å². The number of esters is 1. The molecular formula is C22H26N2O4. The zero-order valence-electron chi connectivity index (χ0n) is 16.6. The van der Waals surface area contributed by atoms with Gasteiger partial charge in [-0.25, -0.2) is 0 Å². The van der Waals surface area contributed by atoms with Crippen LogP contribution in [0.3, 0.4) is 0 Å². The first-order chi connectivity index (χ1) is 13.3. The van der Waals surface area contributed by atoms with E-state index in [1.165, 1.54) is 6.92 Å². The SMILES string of the molecule is Cc1cccc(C)c1NC(=O)C(C)OC(=O)CC(C)NC(=O)c1ccccc1. The van der Waals surface area contributed by atoms with Crippen LogP contribution in [0.4, 0.5) is 5.69 Å². The van der Waals surface area contributed by atoms with Crippen LogP contribution in [0.5, 0.6) is 0 Å². The largest absolute Gasteiger partial charge is 0.452 e. The van der Waals surface area contributed by atoms with Crippen LogP contribution in [-0.4, -0.2) is 29.9 Å². The van der Waals surface area contributed by atoms with Crippen molar-refractivity contribution in [2.75, 3.05) is 5.32 Å². The van der Waals surface area contributed by atoms with Crippen molar-refractivity contribution in [3.05, 3.63) is 65.2 Å². The van der Waals surface area contributed by atoms with Gasteiger partial charge in [-0.1, -0.05) is 36.4 Å². The molecule has 0 aliphatic heterocycles. The van der Waals surface area contributed by atoms with Gasteiger partial charge in [0.2, 0.25) is 0 Å². The molecular weight excluding hydrogens is 356 g/mol. The van der Waals surface area contributed by atoms with Crippen molar-refractivity contribution in [2.24, 2.45) is 0 Å². The summed E-state index contributed by atoms with van der Waals surface area (Å²) >= 11 is 0. The summed E-state index contributed by atoms with van der Waals surface area (Å²) in [7, 11) is 0. The van der Waals surface area contributed by atoms with Crippen LogP contribution in [0.25, 0.3) is 0 Å². The summed E-state index contributed by atoms with van der Waals surface area (Å²) in [6.07, 6.45) is -0.969. The lowest BCUT2D eigenvalue weighted by atomic mass is 10.1. The number of nitrogens with one attached hydrogen (secondary N) is 2. The zero-order valence-corrected chi connectivity index (χ0v) is 16.6. The number of hydrogen-bond donors (Lipinski definition) is 2. The lowest BCUT2D eigenvalue weighted by molar-refractivity contribution is -0.153. The number of hydrogen-bond acceptors (Lipinski definition) is 4. The molecule has 2 atom stereocenters. The second-order valence-electron chi connectivity index (χ2n) is 6.83. The molecule has 2 unspecified atom stereocenters. The average Bonchev–Trinajstić information content (AvgIpc) is 2.65. The summed E-state index contributed by atoms with van der Waals surface area (Å²) in [4.78, 5) is 36.6. The molecule has 2 N–H and O–H groups in total. The first-order valence-corrected chi connectivity index (χ1v) is 9.20. The molecule has 6 nitrogen and oxygen atoms in total. The van der Waals surface area contributed by atoms with E-state index in [9.17, 15) is 14.4 Å². The van der Waals surface area contributed by atoms with Crippen molar-refractivity contribution in [1.82, 2.24) is 5.32 Å². The van der Waals surface area contributed by atoms with Gasteiger partial charge in [0.05, 0.1) is 6.42 Å². The first-order valence-electron chi connectivity index (χ1n) is 9.20. The topological polar surface area (TPSA) is 84.5 Å². The van der Waals surface area contributed by atoms with Crippen LogP contribution in [0.1, 0.15) is 41.8 Å². The third-order valence-corrected chi connectivity index (χ3v) is 4.29. The summed E-state index contributed by atoms with van der Waals surface area (Å²) in [6, 6.07) is 14.0. The fourth-order valence-corrected chi connectivity index (χ4v) is 2.73. The van der Waals surface area contributed by atoms with Gasteiger partial charge in [0.15, 0.2) is 6.10 Å². The molecule has 0 aliphatic rings. The zero-order chi connectivity index (χ0) is 20.7. The molecule has 0 saturated heterocycles. The van der Waals surface area contributed by atoms with Gasteiger partial charge < -0.3 is 15.4 Å². The van der Waals surface area contributed by atoms with Gasteiger partial charge in [0, 0.05) is 17.3 Å². The van der Waals surface area contributed by atoms with E-state index in [0.717, 1.165) is 16.8 Å². The summed E-state index contributed by atoms with van der Waals surface area (Å²) in [5.41, 5.74) is 3.11. The number of aryl methyl sites for hydroxylation is 2. The number of benzene rings is 2. The molecule has 0 spiro atoms. The molecule has 0 saturated carbocycles. The highest BCUT2D eigenvalue weighted by molar-refractivity contribution is 5.96. The Morgan fingerprint density at radius 1 is 0.929 bits per heavy atom. The minimum atomic E-state index is -0.941. The Morgan fingerprint density at radius 3 is 2.14 bits per heavy atom. The highest BCUT2D eigenvalue weighted by atomic mass is 16.5. The molecule has 28 heavy (non-hydrogen) atoms. The molecule has 2 amide bonds. The minimum Gasteiger partial charge on any atom is -0.452 e. The average molecular weight is 382 g/mol. The number of rotatable bonds is 7. The van der Waals surface area contributed by atoms with Crippen LogP contribution in [0.2, 0.25) is 0 Å². The molecule has 2 rings (SSSR count). The molecule has 0 fully saturated rings. The van der Waals surface area contributed by atoms with Gasteiger partial charge in [-0.05, 0) is 51.0 Å². The lowest BCUT2D eigenvalue weighted by Gasteiger charge is -2.18. The van der Waals surface area contributed by atoms with E-state index >= 15 is 0 Å². The highest BCUT2D eigenvalue weighted by Gasteiger charge is 2.21. The van der Waals surface area contributed by atoms with Crippen molar-refractivity contribution in [1.29, 1.82) is 0 Å². The summed E-state index contributed by atoms with van der Waals surface area (Å²) in [6.45, 7) is 7.03. The molecule has 2 aromatic rings. The van der Waals surface area contributed by atoms with Gasteiger partial charge in [0.25, 0.3) is 11.8 Å². The quantitative estimate of drug-likeness (QED) is 0.719. The van der Waals surface area contributed by atoms with Crippen molar-refractivity contribution in [3.8, 4) is 0 Å². The Balaban J connectivity index is 1.84. The van der Waals surface area contributed by atoms with Crippen molar-refractivity contribution >= 4 is 23.5 Å². The first kappa shape index (κ1) is 21.2. The van der Waals surface area contributed by atoms with Gasteiger partial charge in [-0.2, -0.15) is 0 Å². The Hall–Kier alpha value is -3.15. The molecule has 6 heteroatoms. The smallest absolute Gasteiger partial charge is 0.308 e. The number of ether oxygens (including phenoxy) is 1. The van der Waals surface area contributed by atoms with Gasteiger partial charge in [0.1, 0.15) is 0 Å². The monoisotopic (exact) mass is 382 g/mol. The molecule has 0 bridgehead atoms. The van der Waals surface area contributed by atoms with E-state index in [2.05, 4.69) is 10.6 Å². The predicted octanol–water partition coefficient (Wildman–Crippen LogP) is 3.38. The van der Waals surface area contributed by atoms with E-state index in [1.807, 2.05) is 38.1 Å². The summed E-state index contributed by atoms with van der Waals surface area (Å²) < 4.78 is 5.22. The number of anilines is 1. The molecule has 0 radical (unpaired) electrons. The number of carbonyl (C=O) groups excluding carboxylic acids is 3. The second-order valence-corrected chi connectivity index (χ2v) is 6.83. The van der Waals surface area contributed by atoms with Gasteiger partial charge in [-0.15, -0.1) is 0 Å². The molecule has 0 heterocycles. The van der Waals surface area contributed by atoms with E-state index in [1.54, 1.807) is 31.2 Å². The molecule has 0 aliphatic carbocycles. The van der Waals surface area contributed by atoms with Crippen LogP contribution >= 0.6 is 0 Å². The second kappa shape index (κ2) is 9.69. The fourth-order valence-electron chi connectivity index (χ4n) is 2.73. The van der Waals surface area contributed by atoms with Crippen molar-refractivity contribution < 1.29 is 19.1 Å². The van der Waals surface area contributed by atoms with Gasteiger partial charge in [-0.3, -0.25) is 14.4 Å². The Labute approximate surface area is 165 Å². The standard InChI is InChI=1S/C22H26N2O4/c1-14-9-8-10-15(2)20(14)24-21(26)17(4)28-19(25)13-16(3)23-22(27)18-11-6-5-7-12-18/h5-12,16-17H,13H2,1-4H3,(H,23,27)(H,24,26). The summed E-state index contributed by atoms with van der Waals surface area (Å²) in [5.74, 6) is -1.21. The maximum Gasteiger partial charge on any atom is 0.308 e. The summed E-state index contributed by atoms with van der Waals surface area (Å²) in [5, 5.41) is 5.55.